The zero-order valence-corrected chi connectivity index (χ0v) is 18.3. The van der Waals surface area contributed by atoms with E-state index in [9.17, 15) is 9.59 Å². The van der Waals surface area contributed by atoms with Crippen molar-refractivity contribution >= 4 is 23.1 Å². The number of anilines is 1. The van der Waals surface area contributed by atoms with E-state index in [2.05, 4.69) is 0 Å². The zero-order valence-electron chi connectivity index (χ0n) is 18.3. The fourth-order valence-electron chi connectivity index (χ4n) is 4.04. The fraction of sp³-hybridized carbons (Fsp3) is 0.154. The van der Waals surface area contributed by atoms with Crippen LogP contribution in [0.25, 0.3) is 5.57 Å². The molecule has 2 aliphatic heterocycles. The molecule has 0 bridgehead atoms. The highest BCUT2D eigenvalue weighted by Gasteiger charge is 2.41. The molecule has 0 saturated carbocycles. The highest BCUT2D eigenvalue weighted by molar-refractivity contribution is 6.36. The second-order valence-electron chi connectivity index (χ2n) is 7.73. The summed E-state index contributed by atoms with van der Waals surface area (Å²) in [5.74, 6) is 1.23. The molecule has 33 heavy (non-hydrogen) atoms. The van der Waals surface area contributed by atoms with Crippen LogP contribution in [0.1, 0.15) is 11.1 Å². The van der Waals surface area contributed by atoms with Gasteiger partial charge >= 0.3 is 0 Å². The molecule has 0 radical (unpaired) electrons. The monoisotopic (exact) mass is 442 g/mol. The van der Waals surface area contributed by atoms with Crippen molar-refractivity contribution in [1.29, 1.82) is 0 Å². The van der Waals surface area contributed by atoms with E-state index in [1.807, 2.05) is 36.4 Å². The van der Waals surface area contributed by atoms with Crippen LogP contribution in [0.5, 0.6) is 17.2 Å². The number of carbonyl (C=O) groups excluding carboxylic acids is 2. The minimum Gasteiger partial charge on any atom is -0.497 e. The average molecular weight is 442 g/mol. The summed E-state index contributed by atoms with van der Waals surface area (Å²) in [6.07, 6.45) is 0. The second kappa shape index (κ2) is 8.35. The van der Waals surface area contributed by atoms with Crippen molar-refractivity contribution in [3.05, 3.63) is 89.6 Å². The first-order chi connectivity index (χ1) is 16.1. The van der Waals surface area contributed by atoms with E-state index in [1.54, 1.807) is 55.5 Å². The summed E-state index contributed by atoms with van der Waals surface area (Å²) in [5.41, 5.74) is 2.93. The van der Waals surface area contributed by atoms with E-state index >= 15 is 0 Å². The van der Waals surface area contributed by atoms with Crippen LogP contribution in [-0.2, 0) is 16.1 Å². The van der Waals surface area contributed by atoms with Crippen LogP contribution in [0, 0.1) is 0 Å². The van der Waals surface area contributed by atoms with Crippen molar-refractivity contribution < 1.29 is 23.8 Å². The van der Waals surface area contributed by atoms with E-state index < -0.39 is 0 Å². The van der Waals surface area contributed by atoms with Gasteiger partial charge in [0.2, 0.25) is 6.79 Å². The molecule has 0 aromatic heterocycles. The molecule has 0 aliphatic carbocycles. The molecule has 5 rings (SSSR count). The van der Waals surface area contributed by atoms with Gasteiger partial charge in [0, 0.05) is 12.7 Å². The minimum absolute atomic E-state index is 0.125. The first kappa shape index (κ1) is 20.6. The molecule has 2 aliphatic rings. The maximum atomic E-state index is 13.6. The molecule has 0 spiro atoms. The van der Waals surface area contributed by atoms with Gasteiger partial charge < -0.3 is 19.1 Å². The Morgan fingerprint density at radius 1 is 0.909 bits per heavy atom. The van der Waals surface area contributed by atoms with Crippen LogP contribution in [0.2, 0.25) is 0 Å². The molecule has 0 fully saturated rings. The lowest BCUT2D eigenvalue weighted by Gasteiger charge is -2.21. The SMILES string of the molecule is COc1ccc(C2=C(N(C)c3ccccc3)C(=O)N(Cc3ccc4c(c3)OCO4)C2=O)cc1. The summed E-state index contributed by atoms with van der Waals surface area (Å²) in [6.45, 7) is 0.287. The lowest BCUT2D eigenvalue weighted by molar-refractivity contribution is -0.137. The van der Waals surface area contributed by atoms with Crippen molar-refractivity contribution in [2.24, 2.45) is 0 Å². The topological polar surface area (TPSA) is 68.3 Å². The van der Waals surface area contributed by atoms with E-state index in [0.29, 0.717) is 34.1 Å². The molecule has 7 heteroatoms. The number of benzene rings is 3. The number of fused-ring (bicyclic) bond motifs is 1. The smallest absolute Gasteiger partial charge is 0.278 e. The first-order valence-electron chi connectivity index (χ1n) is 10.5. The number of amides is 2. The lowest BCUT2D eigenvalue weighted by Crippen LogP contribution is -2.33. The van der Waals surface area contributed by atoms with E-state index in [0.717, 1.165) is 11.3 Å². The molecule has 166 valence electrons. The van der Waals surface area contributed by atoms with E-state index in [-0.39, 0.29) is 25.2 Å². The van der Waals surface area contributed by atoms with Crippen molar-refractivity contribution in [2.75, 3.05) is 25.9 Å². The van der Waals surface area contributed by atoms with Crippen molar-refractivity contribution in [1.82, 2.24) is 4.90 Å². The maximum Gasteiger partial charge on any atom is 0.278 e. The van der Waals surface area contributed by atoms with Crippen molar-refractivity contribution in [3.63, 3.8) is 0 Å². The molecule has 7 nitrogen and oxygen atoms in total. The van der Waals surface area contributed by atoms with E-state index in [1.165, 1.54) is 4.90 Å². The summed E-state index contributed by atoms with van der Waals surface area (Å²) in [5, 5.41) is 0. The number of methoxy groups -OCH3 is 1. The molecule has 3 aromatic carbocycles. The second-order valence-corrected chi connectivity index (χ2v) is 7.73. The molecule has 2 amide bonds. The van der Waals surface area contributed by atoms with Crippen LogP contribution in [0.15, 0.2) is 78.5 Å². The summed E-state index contributed by atoms with van der Waals surface area (Å²) in [6, 6.07) is 22.1. The number of likely N-dealkylation sites (N-methyl/N-ethyl adjacent to an activating group) is 1. The quantitative estimate of drug-likeness (QED) is 0.541. The van der Waals surface area contributed by atoms with Gasteiger partial charge in [-0.15, -0.1) is 0 Å². The molecule has 0 atom stereocenters. The third-order valence-corrected chi connectivity index (χ3v) is 5.78. The number of hydrogen-bond acceptors (Lipinski definition) is 6. The number of para-hydroxylation sites is 1. The minimum atomic E-state index is -0.352. The Hall–Kier alpha value is -4.26. The predicted molar refractivity (Wildman–Crippen MR) is 123 cm³/mol. The number of hydrogen-bond donors (Lipinski definition) is 0. The van der Waals surface area contributed by atoms with Gasteiger partial charge in [0.05, 0.1) is 19.2 Å². The molecule has 0 N–H and O–H groups in total. The Morgan fingerprint density at radius 2 is 1.64 bits per heavy atom. The van der Waals surface area contributed by atoms with Crippen LogP contribution >= 0.6 is 0 Å². The van der Waals surface area contributed by atoms with Crippen LogP contribution in [0.4, 0.5) is 5.69 Å². The maximum absolute atomic E-state index is 13.6. The Balaban J connectivity index is 1.54. The Morgan fingerprint density at radius 3 is 2.36 bits per heavy atom. The normalized spacial score (nSPS) is 14.8. The standard InChI is InChI=1S/C26H22N2O5/c1-27(19-6-4-3-5-7-19)24-23(18-9-11-20(31-2)12-10-18)25(29)28(26(24)30)15-17-8-13-21-22(14-17)33-16-32-21/h3-14H,15-16H2,1-2H3. The predicted octanol–water partition coefficient (Wildman–Crippen LogP) is 3.84. The molecule has 0 unspecified atom stereocenters. The molecule has 0 saturated heterocycles. The number of nitrogens with zero attached hydrogens (tertiary/aromatic N) is 2. The van der Waals surface area contributed by atoms with Crippen molar-refractivity contribution in [2.45, 2.75) is 6.54 Å². The summed E-state index contributed by atoms with van der Waals surface area (Å²) in [7, 11) is 3.38. The van der Waals surface area contributed by atoms with Gasteiger partial charge in [-0.1, -0.05) is 36.4 Å². The summed E-state index contributed by atoms with van der Waals surface area (Å²) < 4.78 is 16.1. The van der Waals surface area contributed by atoms with Crippen molar-refractivity contribution in [3.8, 4) is 17.2 Å². The van der Waals surface area contributed by atoms with Gasteiger partial charge in [-0.25, -0.2) is 0 Å². The van der Waals surface area contributed by atoms with Gasteiger partial charge in [-0.2, -0.15) is 0 Å². The van der Waals surface area contributed by atoms with Gasteiger partial charge in [0.15, 0.2) is 11.5 Å². The fourth-order valence-corrected chi connectivity index (χ4v) is 4.04. The summed E-state index contributed by atoms with van der Waals surface area (Å²) >= 11 is 0. The number of rotatable bonds is 6. The van der Waals surface area contributed by atoms with Gasteiger partial charge in [-0.3, -0.25) is 14.5 Å². The van der Waals surface area contributed by atoms with Crippen LogP contribution in [0.3, 0.4) is 0 Å². The Bertz CT molecular complexity index is 1250. The molecule has 3 aromatic rings. The average Bonchev–Trinajstić information content (AvgIpc) is 3.42. The zero-order chi connectivity index (χ0) is 22.9. The Kier molecular flexibility index (Phi) is 5.22. The third kappa shape index (κ3) is 3.67. The Labute approximate surface area is 191 Å². The van der Waals surface area contributed by atoms with Crippen LogP contribution in [-0.4, -0.2) is 37.7 Å². The highest BCUT2D eigenvalue weighted by Crippen LogP contribution is 2.37. The van der Waals surface area contributed by atoms with E-state index in [4.69, 9.17) is 14.2 Å². The number of carbonyl (C=O) groups is 2. The van der Waals surface area contributed by atoms with Gasteiger partial charge in [-0.05, 0) is 47.5 Å². The third-order valence-electron chi connectivity index (χ3n) is 5.78. The highest BCUT2D eigenvalue weighted by atomic mass is 16.7. The number of imide groups is 1. The van der Waals surface area contributed by atoms with Gasteiger partial charge in [0.1, 0.15) is 11.4 Å². The number of ether oxygens (including phenoxy) is 3. The molecular formula is C26H22N2O5. The molecular weight excluding hydrogens is 420 g/mol. The molecule has 2 heterocycles. The first-order valence-corrected chi connectivity index (χ1v) is 10.5. The van der Waals surface area contributed by atoms with Gasteiger partial charge in [0.25, 0.3) is 11.8 Å². The largest absolute Gasteiger partial charge is 0.497 e. The summed E-state index contributed by atoms with van der Waals surface area (Å²) in [4.78, 5) is 30.2. The van der Waals surface area contributed by atoms with Crippen LogP contribution < -0.4 is 19.1 Å². The lowest BCUT2D eigenvalue weighted by atomic mass is 10.0.